The van der Waals surface area contributed by atoms with Gasteiger partial charge < -0.3 is 15.2 Å². The monoisotopic (exact) mass is 431 g/mol. The molecule has 3 aromatic rings. The van der Waals surface area contributed by atoms with Crippen LogP contribution in [0.5, 0.6) is 5.88 Å². The molecule has 0 saturated carbocycles. The molecule has 1 amide bonds. The molecule has 30 heavy (non-hydrogen) atoms. The maximum atomic E-state index is 14.2. The zero-order chi connectivity index (χ0) is 21.8. The van der Waals surface area contributed by atoms with Gasteiger partial charge in [0.2, 0.25) is 5.88 Å². The summed E-state index contributed by atoms with van der Waals surface area (Å²) >= 11 is 6.29. The zero-order valence-electron chi connectivity index (χ0n) is 16.2. The standard InChI is InChI=1S/C21H19ClFN3O4/c1-12-7-3-4-8-13(12)15(11-17(27)28)24-20(29)19-18(22)21(30-2)26(25-19)16-10-6-5-9-14(16)23/h3-10,15H,11H2,1-2H3,(H,24,29)(H,27,28)/t15-/m0/s1. The predicted molar refractivity (Wildman–Crippen MR) is 109 cm³/mol. The molecule has 0 aliphatic carbocycles. The summed E-state index contributed by atoms with van der Waals surface area (Å²) in [5, 5.41) is 16.0. The Hall–Kier alpha value is -3.39. The van der Waals surface area contributed by atoms with Crippen LogP contribution in [0.15, 0.2) is 48.5 Å². The number of nitrogens with zero attached hydrogens (tertiary/aromatic N) is 2. The predicted octanol–water partition coefficient (Wildman–Crippen LogP) is 3.93. The first-order chi connectivity index (χ1) is 14.3. The molecule has 2 aromatic carbocycles. The Morgan fingerprint density at radius 2 is 1.90 bits per heavy atom. The van der Waals surface area contributed by atoms with Gasteiger partial charge >= 0.3 is 5.97 Å². The fraction of sp³-hybridized carbons (Fsp3) is 0.190. The Morgan fingerprint density at radius 1 is 1.23 bits per heavy atom. The number of carboxylic acids is 1. The Kier molecular flexibility index (Phi) is 6.37. The highest BCUT2D eigenvalue weighted by Gasteiger charge is 2.27. The average Bonchev–Trinajstić information content (AvgIpc) is 3.04. The fourth-order valence-electron chi connectivity index (χ4n) is 3.11. The highest BCUT2D eigenvalue weighted by molar-refractivity contribution is 6.35. The van der Waals surface area contributed by atoms with Gasteiger partial charge in [-0.3, -0.25) is 9.59 Å². The lowest BCUT2D eigenvalue weighted by Gasteiger charge is -2.19. The molecule has 3 rings (SSSR count). The van der Waals surface area contributed by atoms with E-state index in [9.17, 15) is 19.1 Å². The molecule has 1 atom stereocenters. The zero-order valence-corrected chi connectivity index (χ0v) is 17.0. The minimum atomic E-state index is -1.08. The third kappa shape index (κ3) is 4.28. The van der Waals surface area contributed by atoms with Crippen molar-refractivity contribution in [2.75, 3.05) is 7.11 Å². The Morgan fingerprint density at radius 3 is 2.53 bits per heavy atom. The number of benzene rings is 2. The van der Waals surface area contributed by atoms with E-state index in [-0.39, 0.29) is 28.7 Å². The van der Waals surface area contributed by atoms with Gasteiger partial charge in [-0.05, 0) is 30.2 Å². The molecular weight excluding hydrogens is 413 g/mol. The summed E-state index contributed by atoms with van der Waals surface area (Å²) in [4.78, 5) is 24.3. The highest BCUT2D eigenvalue weighted by atomic mass is 35.5. The number of methoxy groups -OCH3 is 1. The van der Waals surface area contributed by atoms with Crippen LogP contribution in [0.2, 0.25) is 5.02 Å². The van der Waals surface area contributed by atoms with E-state index in [0.29, 0.717) is 5.56 Å². The molecule has 0 aliphatic rings. The first kappa shape index (κ1) is 21.3. The second kappa shape index (κ2) is 8.96. The summed E-state index contributed by atoms with van der Waals surface area (Å²) in [7, 11) is 1.32. The first-order valence-electron chi connectivity index (χ1n) is 8.99. The van der Waals surface area contributed by atoms with Crippen molar-refractivity contribution in [2.45, 2.75) is 19.4 Å². The summed E-state index contributed by atoms with van der Waals surface area (Å²) in [5.41, 5.74) is 1.33. The quantitative estimate of drug-likeness (QED) is 0.591. The van der Waals surface area contributed by atoms with Crippen LogP contribution in [0.3, 0.4) is 0 Å². The molecule has 1 heterocycles. The Labute approximate surface area is 177 Å². The lowest BCUT2D eigenvalue weighted by Crippen LogP contribution is -2.31. The SMILES string of the molecule is COc1c(Cl)c(C(=O)N[C@@H](CC(=O)O)c2ccccc2C)nn1-c1ccccc1F. The molecule has 7 nitrogen and oxygen atoms in total. The summed E-state index contributed by atoms with van der Waals surface area (Å²) in [6.45, 7) is 1.82. The second-order valence-electron chi connectivity index (χ2n) is 6.52. The molecule has 9 heteroatoms. The summed E-state index contributed by atoms with van der Waals surface area (Å²) < 4.78 is 20.5. The van der Waals surface area contributed by atoms with Gasteiger partial charge in [0.25, 0.3) is 5.91 Å². The van der Waals surface area contributed by atoms with E-state index in [2.05, 4.69) is 10.4 Å². The number of halogens is 2. The van der Waals surface area contributed by atoms with Gasteiger partial charge in [0.15, 0.2) is 5.69 Å². The van der Waals surface area contributed by atoms with Gasteiger partial charge in [-0.25, -0.2) is 4.39 Å². The molecule has 1 aromatic heterocycles. The molecule has 0 radical (unpaired) electrons. The maximum absolute atomic E-state index is 14.2. The summed E-state index contributed by atoms with van der Waals surface area (Å²) in [5.74, 6) is -2.38. The van der Waals surface area contributed by atoms with Crippen molar-refractivity contribution >= 4 is 23.5 Å². The van der Waals surface area contributed by atoms with E-state index < -0.39 is 23.7 Å². The van der Waals surface area contributed by atoms with Gasteiger partial charge in [-0.1, -0.05) is 48.0 Å². The van der Waals surface area contributed by atoms with Crippen molar-refractivity contribution in [2.24, 2.45) is 0 Å². The smallest absolute Gasteiger partial charge is 0.305 e. The van der Waals surface area contributed by atoms with E-state index in [4.69, 9.17) is 16.3 Å². The van der Waals surface area contributed by atoms with Crippen molar-refractivity contribution in [1.29, 1.82) is 0 Å². The number of aromatic nitrogens is 2. The van der Waals surface area contributed by atoms with E-state index in [1.165, 1.54) is 25.3 Å². The minimum absolute atomic E-state index is 0.0161. The van der Waals surface area contributed by atoms with E-state index in [0.717, 1.165) is 10.2 Å². The molecule has 0 fully saturated rings. The number of amides is 1. The number of carboxylic acid groups (broad SMARTS) is 1. The van der Waals surface area contributed by atoms with Crippen LogP contribution in [0.4, 0.5) is 4.39 Å². The molecule has 0 bridgehead atoms. The average molecular weight is 432 g/mol. The lowest BCUT2D eigenvalue weighted by molar-refractivity contribution is -0.137. The van der Waals surface area contributed by atoms with Crippen LogP contribution >= 0.6 is 11.6 Å². The van der Waals surface area contributed by atoms with Crippen LogP contribution < -0.4 is 10.1 Å². The van der Waals surface area contributed by atoms with Crippen molar-refractivity contribution in [1.82, 2.24) is 15.1 Å². The van der Waals surface area contributed by atoms with E-state index in [1.807, 2.05) is 19.1 Å². The lowest BCUT2D eigenvalue weighted by atomic mass is 9.98. The molecular formula is C21H19ClFN3O4. The molecule has 156 valence electrons. The number of hydrogen-bond acceptors (Lipinski definition) is 4. The van der Waals surface area contributed by atoms with Crippen molar-refractivity contribution in [3.8, 4) is 11.6 Å². The number of carbonyl (C=O) groups is 2. The van der Waals surface area contributed by atoms with Gasteiger partial charge in [-0.15, -0.1) is 0 Å². The third-order valence-corrected chi connectivity index (χ3v) is 4.87. The number of rotatable bonds is 7. The maximum Gasteiger partial charge on any atom is 0.305 e. The largest absolute Gasteiger partial charge is 0.481 e. The second-order valence-corrected chi connectivity index (χ2v) is 6.89. The first-order valence-corrected chi connectivity index (χ1v) is 9.36. The van der Waals surface area contributed by atoms with Crippen LogP contribution in [0, 0.1) is 12.7 Å². The van der Waals surface area contributed by atoms with Crippen LogP contribution in [0.25, 0.3) is 5.69 Å². The van der Waals surface area contributed by atoms with E-state index >= 15 is 0 Å². The van der Waals surface area contributed by atoms with Gasteiger partial charge in [0.1, 0.15) is 16.5 Å². The number of ether oxygens (including phenoxy) is 1. The third-order valence-electron chi connectivity index (χ3n) is 4.53. The Bertz CT molecular complexity index is 1100. The van der Waals surface area contributed by atoms with Crippen LogP contribution in [0.1, 0.15) is 34.1 Å². The number of aliphatic carboxylic acids is 1. The van der Waals surface area contributed by atoms with E-state index in [1.54, 1.807) is 18.2 Å². The summed E-state index contributed by atoms with van der Waals surface area (Å²) in [6.07, 6.45) is -0.334. The number of aryl methyl sites for hydroxylation is 1. The number of carbonyl (C=O) groups excluding carboxylic acids is 1. The number of para-hydroxylation sites is 1. The van der Waals surface area contributed by atoms with Crippen LogP contribution in [-0.2, 0) is 4.79 Å². The molecule has 2 N–H and O–H groups in total. The molecule has 0 aliphatic heterocycles. The molecule has 0 unspecified atom stereocenters. The topological polar surface area (TPSA) is 93.4 Å². The van der Waals surface area contributed by atoms with Crippen molar-refractivity contribution in [3.05, 3.63) is 76.2 Å². The fourth-order valence-corrected chi connectivity index (χ4v) is 3.39. The van der Waals surface area contributed by atoms with Crippen molar-refractivity contribution < 1.29 is 23.8 Å². The highest BCUT2D eigenvalue weighted by Crippen LogP contribution is 2.32. The normalized spacial score (nSPS) is 11.7. The van der Waals surface area contributed by atoms with Gasteiger partial charge in [-0.2, -0.15) is 9.78 Å². The van der Waals surface area contributed by atoms with Crippen LogP contribution in [-0.4, -0.2) is 33.9 Å². The van der Waals surface area contributed by atoms with Gasteiger partial charge in [0.05, 0.1) is 19.6 Å². The number of hydrogen-bond donors (Lipinski definition) is 2. The molecule has 0 saturated heterocycles. The van der Waals surface area contributed by atoms with Crippen molar-refractivity contribution in [3.63, 3.8) is 0 Å². The summed E-state index contributed by atoms with van der Waals surface area (Å²) in [6, 6.07) is 12.1. The van der Waals surface area contributed by atoms with Gasteiger partial charge in [0, 0.05) is 0 Å². The Balaban J connectivity index is 1.99. The molecule has 0 spiro atoms. The number of nitrogens with one attached hydrogen (secondary N) is 1. The minimum Gasteiger partial charge on any atom is -0.481 e.